The molecule has 98 valence electrons. The Kier molecular flexibility index (Phi) is 4.20. The van der Waals surface area contributed by atoms with Gasteiger partial charge in [0.15, 0.2) is 0 Å². The molecule has 4 nitrogen and oxygen atoms in total. The van der Waals surface area contributed by atoms with Gasteiger partial charge in [-0.05, 0) is 24.1 Å². The van der Waals surface area contributed by atoms with Gasteiger partial charge in [0.1, 0.15) is 17.9 Å². The third kappa shape index (κ3) is 3.01. The maximum atomic E-state index is 11.4. The highest BCUT2D eigenvalue weighted by Crippen LogP contribution is 2.19. The summed E-state index contributed by atoms with van der Waals surface area (Å²) in [4.78, 5) is 11.4. The number of methoxy groups -OCH3 is 1. The second-order valence-electron chi connectivity index (χ2n) is 4.46. The normalized spacial score (nSPS) is 22.8. The zero-order valence-corrected chi connectivity index (χ0v) is 10.8. The first-order valence-corrected chi connectivity index (χ1v) is 6.29. The molecule has 1 aromatic carbocycles. The molecule has 0 spiro atoms. The van der Waals surface area contributed by atoms with Crippen molar-refractivity contribution in [3.05, 3.63) is 29.8 Å². The van der Waals surface area contributed by atoms with Crippen LogP contribution in [0.4, 0.5) is 0 Å². The predicted octanol–water partition coefficient (Wildman–Crippen LogP) is 1.53. The van der Waals surface area contributed by atoms with Crippen LogP contribution < -0.4 is 10.1 Å². The summed E-state index contributed by atoms with van der Waals surface area (Å²) in [5, 5.41) is 3.11. The van der Waals surface area contributed by atoms with Gasteiger partial charge < -0.3 is 14.8 Å². The molecule has 0 unspecified atom stereocenters. The molecular weight excluding hydrogens is 230 g/mol. The van der Waals surface area contributed by atoms with Crippen molar-refractivity contribution in [2.24, 2.45) is 0 Å². The Morgan fingerprint density at radius 2 is 2.33 bits per heavy atom. The molecule has 1 aliphatic rings. The van der Waals surface area contributed by atoms with Gasteiger partial charge in [-0.15, -0.1) is 0 Å². The first-order valence-electron chi connectivity index (χ1n) is 6.29. The number of hydrogen-bond acceptors (Lipinski definition) is 4. The van der Waals surface area contributed by atoms with E-state index < -0.39 is 0 Å². The van der Waals surface area contributed by atoms with Crippen molar-refractivity contribution in [2.45, 2.75) is 31.9 Å². The molecule has 2 atom stereocenters. The van der Waals surface area contributed by atoms with Gasteiger partial charge in [-0.3, -0.25) is 4.79 Å². The van der Waals surface area contributed by atoms with Gasteiger partial charge in [0.05, 0.1) is 7.11 Å². The van der Waals surface area contributed by atoms with Crippen LogP contribution in [0.15, 0.2) is 24.3 Å². The molecule has 0 saturated carbocycles. The highest BCUT2D eigenvalue weighted by molar-refractivity contribution is 5.76. The summed E-state index contributed by atoms with van der Waals surface area (Å²) in [5.41, 5.74) is 1.25. The summed E-state index contributed by atoms with van der Waals surface area (Å²) < 4.78 is 10.6. The van der Waals surface area contributed by atoms with E-state index in [2.05, 4.69) is 18.3 Å². The Morgan fingerprint density at radius 1 is 1.50 bits per heavy atom. The van der Waals surface area contributed by atoms with E-state index in [0.717, 1.165) is 12.2 Å². The fourth-order valence-electron chi connectivity index (χ4n) is 2.15. The topological polar surface area (TPSA) is 47.6 Å². The van der Waals surface area contributed by atoms with Crippen LogP contribution in [0.2, 0.25) is 0 Å². The molecule has 1 N–H and O–H groups in total. The van der Waals surface area contributed by atoms with Crippen molar-refractivity contribution in [2.75, 3.05) is 13.7 Å². The lowest BCUT2D eigenvalue weighted by Crippen LogP contribution is -2.31. The van der Waals surface area contributed by atoms with Crippen molar-refractivity contribution >= 4 is 5.97 Å². The van der Waals surface area contributed by atoms with Gasteiger partial charge in [-0.1, -0.05) is 19.1 Å². The first-order chi connectivity index (χ1) is 8.72. The second kappa shape index (κ2) is 5.87. The molecule has 1 aliphatic heterocycles. The molecule has 0 aliphatic carbocycles. The van der Waals surface area contributed by atoms with Crippen LogP contribution >= 0.6 is 0 Å². The standard InChI is InChI=1S/C14H19NO3/c1-3-10-5-4-6-11(7-10)18-12-8-13(15-9-12)14(16)17-2/h4-7,12-13,15H,3,8-9H2,1-2H3/t12-,13-/m1/s1. The Hall–Kier alpha value is -1.55. The third-order valence-electron chi connectivity index (χ3n) is 3.19. The molecule has 0 amide bonds. The lowest BCUT2D eigenvalue weighted by Gasteiger charge is -2.13. The molecule has 2 rings (SSSR count). The van der Waals surface area contributed by atoms with Crippen LogP contribution in [0.1, 0.15) is 18.9 Å². The Labute approximate surface area is 107 Å². The van der Waals surface area contributed by atoms with Crippen LogP contribution in [0.3, 0.4) is 0 Å². The van der Waals surface area contributed by atoms with E-state index in [0.29, 0.717) is 13.0 Å². The van der Waals surface area contributed by atoms with Crippen LogP contribution in [-0.2, 0) is 16.0 Å². The smallest absolute Gasteiger partial charge is 0.323 e. The lowest BCUT2D eigenvalue weighted by atomic mass is 10.1. The van der Waals surface area contributed by atoms with Crippen LogP contribution in [0, 0.1) is 0 Å². The minimum absolute atomic E-state index is 0.0289. The summed E-state index contributed by atoms with van der Waals surface area (Å²) in [5.74, 6) is 0.648. The molecular formula is C14H19NO3. The zero-order chi connectivity index (χ0) is 13.0. The lowest BCUT2D eigenvalue weighted by molar-refractivity contribution is -0.142. The van der Waals surface area contributed by atoms with Crippen molar-refractivity contribution in [3.63, 3.8) is 0 Å². The fraction of sp³-hybridized carbons (Fsp3) is 0.500. The molecule has 1 saturated heterocycles. The van der Waals surface area contributed by atoms with Crippen molar-refractivity contribution in [1.29, 1.82) is 0 Å². The Balaban J connectivity index is 1.92. The molecule has 4 heteroatoms. The zero-order valence-electron chi connectivity index (χ0n) is 10.8. The van der Waals surface area contributed by atoms with Gasteiger partial charge in [0.2, 0.25) is 0 Å². The maximum Gasteiger partial charge on any atom is 0.323 e. The summed E-state index contributed by atoms with van der Waals surface area (Å²) in [6.07, 6.45) is 1.68. The molecule has 18 heavy (non-hydrogen) atoms. The average molecular weight is 249 g/mol. The van der Waals surface area contributed by atoms with Crippen molar-refractivity contribution < 1.29 is 14.3 Å². The quantitative estimate of drug-likeness (QED) is 0.822. The molecule has 1 heterocycles. The van der Waals surface area contributed by atoms with Gasteiger partial charge in [-0.2, -0.15) is 0 Å². The van der Waals surface area contributed by atoms with Gasteiger partial charge in [-0.25, -0.2) is 0 Å². The van der Waals surface area contributed by atoms with Crippen LogP contribution in [0.25, 0.3) is 0 Å². The first kappa shape index (κ1) is 12.9. The Morgan fingerprint density at radius 3 is 3.06 bits per heavy atom. The van der Waals surface area contributed by atoms with E-state index in [9.17, 15) is 4.79 Å². The molecule has 1 fully saturated rings. The average Bonchev–Trinajstić information content (AvgIpc) is 2.86. The summed E-state index contributed by atoms with van der Waals surface area (Å²) in [6, 6.07) is 7.83. The monoisotopic (exact) mass is 249 g/mol. The minimum Gasteiger partial charge on any atom is -0.489 e. The largest absolute Gasteiger partial charge is 0.489 e. The second-order valence-corrected chi connectivity index (χ2v) is 4.46. The van der Waals surface area contributed by atoms with E-state index >= 15 is 0 Å². The molecule has 0 bridgehead atoms. The van der Waals surface area contributed by atoms with Crippen molar-refractivity contribution in [3.8, 4) is 5.75 Å². The SMILES string of the molecule is CCc1cccc(O[C@H]2CN[C@@H](C(=O)OC)C2)c1. The molecule has 0 radical (unpaired) electrons. The van der Waals surface area contributed by atoms with E-state index in [1.807, 2.05) is 18.2 Å². The van der Waals surface area contributed by atoms with E-state index in [-0.39, 0.29) is 18.1 Å². The number of esters is 1. The number of ether oxygens (including phenoxy) is 2. The van der Waals surface area contributed by atoms with Gasteiger partial charge in [0, 0.05) is 13.0 Å². The summed E-state index contributed by atoms with van der Waals surface area (Å²) in [7, 11) is 1.41. The van der Waals surface area contributed by atoms with Crippen molar-refractivity contribution in [1.82, 2.24) is 5.32 Å². The third-order valence-corrected chi connectivity index (χ3v) is 3.19. The van der Waals surface area contributed by atoms with E-state index in [1.54, 1.807) is 0 Å². The number of hydrogen-bond donors (Lipinski definition) is 1. The van der Waals surface area contributed by atoms with E-state index in [4.69, 9.17) is 9.47 Å². The van der Waals surface area contributed by atoms with Crippen LogP contribution in [-0.4, -0.2) is 31.8 Å². The number of carbonyl (C=O) groups excluding carboxylic acids is 1. The molecule has 1 aromatic rings. The van der Waals surface area contributed by atoms with Gasteiger partial charge in [0.25, 0.3) is 0 Å². The number of rotatable bonds is 4. The highest BCUT2D eigenvalue weighted by atomic mass is 16.5. The highest BCUT2D eigenvalue weighted by Gasteiger charge is 2.31. The number of nitrogens with one attached hydrogen (secondary N) is 1. The number of carbonyl (C=O) groups is 1. The molecule has 0 aromatic heterocycles. The summed E-state index contributed by atoms with van der Waals surface area (Å²) >= 11 is 0. The minimum atomic E-state index is -0.241. The number of aryl methyl sites for hydroxylation is 1. The van der Waals surface area contributed by atoms with Gasteiger partial charge >= 0.3 is 5.97 Å². The van der Waals surface area contributed by atoms with E-state index in [1.165, 1.54) is 12.7 Å². The number of benzene rings is 1. The maximum absolute atomic E-state index is 11.4. The summed E-state index contributed by atoms with van der Waals surface area (Å²) in [6.45, 7) is 2.79. The fourth-order valence-corrected chi connectivity index (χ4v) is 2.15. The van der Waals surface area contributed by atoms with Crippen LogP contribution in [0.5, 0.6) is 5.75 Å². The predicted molar refractivity (Wildman–Crippen MR) is 68.7 cm³/mol. The Bertz CT molecular complexity index is 419.